The Morgan fingerprint density at radius 1 is 1.16 bits per heavy atom. The van der Waals surface area contributed by atoms with Crippen molar-refractivity contribution in [1.82, 2.24) is 15.6 Å². The summed E-state index contributed by atoms with van der Waals surface area (Å²) in [4.78, 5) is 12.2. The van der Waals surface area contributed by atoms with Crippen molar-refractivity contribution in [3.8, 4) is 0 Å². The molecule has 0 saturated heterocycles. The largest absolute Gasteiger partial charge is 0.363 e. The van der Waals surface area contributed by atoms with Gasteiger partial charge >= 0.3 is 0 Å². The molecule has 0 radical (unpaired) electrons. The summed E-state index contributed by atoms with van der Waals surface area (Å²) in [5.41, 5.74) is 3.53. The van der Waals surface area contributed by atoms with E-state index in [9.17, 15) is 0 Å². The summed E-state index contributed by atoms with van der Waals surface area (Å²) in [5.74, 6) is 1.72. The minimum Gasteiger partial charge on any atom is -0.363 e. The monoisotopic (exact) mass is 357 g/mol. The number of hydrogen-bond donors (Lipinski definition) is 2. The molecule has 0 aliphatic carbocycles. The predicted molar refractivity (Wildman–Crippen MR) is 109 cm³/mol. The molecule has 1 aromatic heterocycles. The normalized spacial score (nSPS) is 11.3. The Kier molecular flexibility index (Phi) is 7.13. The smallest absolute Gasteiger partial charge is 0.191 e. The molecule has 0 amide bonds. The average Bonchev–Trinajstić information content (AvgIpc) is 2.62. The first-order valence-electron chi connectivity index (χ1n) is 8.24. The quantitative estimate of drug-likeness (QED) is 0.473. The zero-order chi connectivity index (χ0) is 18.2. The van der Waals surface area contributed by atoms with Crippen LogP contribution in [0.25, 0.3) is 0 Å². The van der Waals surface area contributed by atoms with Crippen LogP contribution in [0.15, 0.2) is 46.3 Å². The molecule has 25 heavy (non-hydrogen) atoms. The van der Waals surface area contributed by atoms with Gasteiger partial charge in [0.05, 0.1) is 12.2 Å². The van der Waals surface area contributed by atoms with Crippen molar-refractivity contribution >= 4 is 23.5 Å². The van der Waals surface area contributed by atoms with Crippen LogP contribution >= 0.6 is 11.8 Å². The first kappa shape index (κ1) is 19.1. The zero-order valence-electron chi connectivity index (χ0n) is 15.6. The summed E-state index contributed by atoms with van der Waals surface area (Å²) >= 11 is 1.77. The van der Waals surface area contributed by atoms with E-state index >= 15 is 0 Å². The highest BCUT2D eigenvalue weighted by Gasteiger charge is 2.05. The van der Waals surface area contributed by atoms with Crippen molar-refractivity contribution in [2.75, 3.05) is 32.3 Å². The van der Waals surface area contributed by atoms with Crippen molar-refractivity contribution < 1.29 is 0 Å². The van der Waals surface area contributed by atoms with Crippen molar-refractivity contribution in [1.29, 1.82) is 0 Å². The van der Waals surface area contributed by atoms with Gasteiger partial charge in [-0.3, -0.25) is 4.99 Å². The summed E-state index contributed by atoms with van der Waals surface area (Å²) in [6.07, 6.45) is 2.11. The molecule has 0 atom stereocenters. The van der Waals surface area contributed by atoms with E-state index in [4.69, 9.17) is 0 Å². The van der Waals surface area contributed by atoms with Gasteiger partial charge in [-0.1, -0.05) is 18.2 Å². The number of guanidine groups is 1. The molecule has 2 aromatic rings. The fraction of sp³-hybridized carbons (Fsp3) is 0.368. The summed E-state index contributed by atoms with van der Waals surface area (Å²) in [5, 5.41) is 6.70. The number of pyridine rings is 1. The third kappa shape index (κ3) is 5.67. The van der Waals surface area contributed by atoms with Crippen LogP contribution in [0.2, 0.25) is 0 Å². The number of anilines is 1. The number of aromatic nitrogens is 1. The number of benzene rings is 1. The second kappa shape index (κ2) is 9.32. The molecule has 0 bridgehead atoms. The molecule has 0 unspecified atom stereocenters. The van der Waals surface area contributed by atoms with Gasteiger partial charge in [0.2, 0.25) is 0 Å². The highest BCUT2D eigenvalue weighted by Crippen LogP contribution is 2.21. The first-order valence-corrected chi connectivity index (χ1v) is 9.47. The van der Waals surface area contributed by atoms with Crippen molar-refractivity contribution in [2.24, 2.45) is 4.99 Å². The van der Waals surface area contributed by atoms with Crippen LogP contribution in [0, 0.1) is 6.92 Å². The van der Waals surface area contributed by atoms with E-state index in [0.717, 1.165) is 24.0 Å². The lowest BCUT2D eigenvalue weighted by atomic mass is 10.1. The lowest BCUT2D eigenvalue weighted by molar-refractivity contribution is 0.787. The Bertz CT molecular complexity index is 728. The molecule has 0 aliphatic heterocycles. The predicted octanol–water partition coefficient (Wildman–Crippen LogP) is 3.04. The van der Waals surface area contributed by atoms with Gasteiger partial charge in [0.25, 0.3) is 0 Å². The molecule has 0 saturated carbocycles. The fourth-order valence-corrected chi connectivity index (χ4v) is 3.09. The van der Waals surface area contributed by atoms with E-state index in [1.807, 2.05) is 37.2 Å². The number of hydrogen-bond acceptors (Lipinski definition) is 4. The van der Waals surface area contributed by atoms with Crippen LogP contribution in [0.4, 0.5) is 5.82 Å². The summed E-state index contributed by atoms with van der Waals surface area (Å²) in [6, 6.07) is 12.6. The van der Waals surface area contributed by atoms with Crippen LogP contribution in [-0.2, 0) is 13.1 Å². The van der Waals surface area contributed by atoms with E-state index in [0.29, 0.717) is 6.54 Å². The molecule has 5 nitrogen and oxygen atoms in total. The fourth-order valence-electron chi connectivity index (χ4n) is 2.39. The van der Waals surface area contributed by atoms with E-state index in [1.54, 1.807) is 18.8 Å². The maximum Gasteiger partial charge on any atom is 0.191 e. The SMILES string of the molecule is CN=C(NCc1cccc(N(C)C)n1)NCc1ccc(C)cc1SC. The van der Waals surface area contributed by atoms with Gasteiger partial charge in [-0.25, -0.2) is 4.98 Å². The summed E-state index contributed by atoms with van der Waals surface area (Å²) in [7, 11) is 5.76. The Hall–Kier alpha value is -2.21. The maximum atomic E-state index is 4.61. The highest BCUT2D eigenvalue weighted by atomic mass is 32.2. The van der Waals surface area contributed by atoms with Crippen LogP contribution in [-0.4, -0.2) is 38.3 Å². The number of aliphatic imine (C=N–C) groups is 1. The third-order valence-corrected chi connectivity index (χ3v) is 4.62. The number of aryl methyl sites for hydroxylation is 1. The second-order valence-electron chi connectivity index (χ2n) is 5.98. The molecule has 134 valence electrons. The van der Waals surface area contributed by atoms with Gasteiger partial charge in [-0.15, -0.1) is 11.8 Å². The van der Waals surface area contributed by atoms with Crippen LogP contribution in [0.1, 0.15) is 16.8 Å². The summed E-state index contributed by atoms with van der Waals surface area (Å²) < 4.78 is 0. The Balaban J connectivity index is 1.94. The Labute approximate surface area is 155 Å². The van der Waals surface area contributed by atoms with E-state index in [1.165, 1.54) is 16.0 Å². The van der Waals surface area contributed by atoms with E-state index < -0.39 is 0 Å². The van der Waals surface area contributed by atoms with Gasteiger partial charge in [0, 0.05) is 32.6 Å². The van der Waals surface area contributed by atoms with Crippen LogP contribution in [0.5, 0.6) is 0 Å². The van der Waals surface area contributed by atoms with Crippen LogP contribution < -0.4 is 15.5 Å². The molecule has 0 fully saturated rings. The zero-order valence-corrected chi connectivity index (χ0v) is 16.4. The van der Waals surface area contributed by atoms with Gasteiger partial charge in [-0.2, -0.15) is 0 Å². The molecular formula is C19H27N5S. The number of nitrogens with one attached hydrogen (secondary N) is 2. The first-order chi connectivity index (χ1) is 12.0. The van der Waals surface area contributed by atoms with Gasteiger partial charge in [-0.05, 0) is 42.5 Å². The highest BCUT2D eigenvalue weighted by molar-refractivity contribution is 7.98. The number of thioether (sulfide) groups is 1. The minimum atomic E-state index is 0.630. The van der Waals surface area contributed by atoms with Gasteiger partial charge in [0.15, 0.2) is 5.96 Å². The summed E-state index contributed by atoms with van der Waals surface area (Å²) in [6.45, 7) is 3.48. The lowest BCUT2D eigenvalue weighted by Crippen LogP contribution is -2.36. The van der Waals surface area contributed by atoms with Gasteiger partial charge in [0.1, 0.15) is 5.82 Å². The van der Waals surface area contributed by atoms with E-state index in [-0.39, 0.29) is 0 Å². The Morgan fingerprint density at radius 3 is 2.60 bits per heavy atom. The van der Waals surface area contributed by atoms with Crippen molar-refractivity contribution in [3.05, 3.63) is 53.2 Å². The molecule has 2 rings (SSSR count). The molecule has 1 aromatic carbocycles. The number of rotatable bonds is 6. The average molecular weight is 358 g/mol. The van der Waals surface area contributed by atoms with Crippen LogP contribution in [0.3, 0.4) is 0 Å². The maximum absolute atomic E-state index is 4.61. The standard InChI is InChI=1S/C19H27N5S/c1-14-9-10-15(17(11-14)25-5)12-21-19(20-2)22-13-16-7-6-8-18(23-16)24(3)4/h6-11H,12-13H2,1-5H3,(H2,20,21,22). The lowest BCUT2D eigenvalue weighted by Gasteiger charge is -2.15. The van der Waals surface area contributed by atoms with Gasteiger partial charge < -0.3 is 15.5 Å². The topological polar surface area (TPSA) is 52.6 Å². The van der Waals surface area contributed by atoms with E-state index in [2.05, 4.69) is 52.0 Å². The molecular weight excluding hydrogens is 330 g/mol. The minimum absolute atomic E-state index is 0.630. The van der Waals surface area contributed by atoms with Crippen molar-refractivity contribution in [2.45, 2.75) is 24.9 Å². The molecule has 1 heterocycles. The molecule has 2 N–H and O–H groups in total. The molecule has 0 spiro atoms. The molecule has 6 heteroatoms. The molecule has 0 aliphatic rings. The second-order valence-corrected chi connectivity index (χ2v) is 6.82. The third-order valence-electron chi connectivity index (χ3n) is 3.80. The Morgan fingerprint density at radius 2 is 1.92 bits per heavy atom. The van der Waals surface area contributed by atoms with Crippen molar-refractivity contribution in [3.63, 3.8) is 0 Å². The number of nitrogens with zero attached hydrogens (tertiary/aromatic N) is 3.